The van der Waals surface area contributed by atoms with E-state index in [1.165, 1.54) is 4.90 Å². The smallest absolute Gasteiger partial charge is 0.235 e. The van der Waals surface area contributed by atoms with Crippen LogP contribution in [0.25, 0.3) is 6.08 Å². The quantitative estimate of drug-likeness (QED) is 0.553. The molecule has 4 aliphatic rings. The first kappa shape index (κ1) is 19.4. The van der Waals surface area contributed by atoms with Gasteiger partial charge in [0.15, 0.2) is 5.78 Å². The van der Waals surface area contributed by atoms with Crippen LogP contribution in [0.5, 0.6) is 0 Å². The SMILES string of the molecule is O=C(c1ccccc1)[C@@H]1[C@H]2C(=O)N(C[C@H]3CCCO3)C(=O)[C@H]2[C@@H]2C=Cc3ccccc3N12. The summed E-state index contributed by atoms with van der Waals surface area (Å²) in [4.78, 5) is 44.3. The molecule has 4 heterocycles. The number of fused-ring (bicyclic) bond motifs is 5. The number of ether oxygens (including phenoxy) is 1. The molecule has 5 atom stereocenters. The summed E-state index contributed by atoms with van der Waals surface area (Å²) in [6.45, 7) is 0.947. The molecule has 0 aliphatic carbocycles. The van der Waals surface area contributed by atoms with E-state index < -0.39 is 17.9 Å². The Morgan fingerprint density at radius 2 is 1.72 bits per heavy atom. The minimum atomic E-state index is -0.718. The third-order valence-corrected chi connectivity index (χ3v) is 7.24. The molecule has 2 amide bonds. The zero-order valence-corrected chi connectivity index (χ0v) is 17.6. The predicted molar refractivity (Wildman–Crippen MR) is 119 cm³/mol. The van der Waals surface area contributed by atoms with E-state index in [0.29, 0.717) is 12.2 Å². The van der Waals surface area contributed by atoms with Gasteiger partial charge in [0.05, 0.1) is 30.5 Å². The lowest BCUT2D eigenvalue weighted by molar-refractivity contribution is -0.142. The molecule has 0 N–H and O–H groups in total. The molecule has 0 radical (unpaired) electrons. The van der Waals surface area contributed by atoms with Crippen molar-refractivity contribution in [1.29, 1.82) is 0 Å². The van der Waals surface area contributed by atoms with Crippen LogP contribution in [0.2, 0.25) is 0 Å². The normalized spacial score (nSPS) is 30.4. The van der Waals surface area contributed by atoms with Gasteiger partial charge in [-0.3, -0.25) is 19.3 Å². The van der Waals surface area contributed by atoms with Crippen molar-refractivity contribution in [2.24, 2.45) is 11.8 Å². The van der Waals surface area contributed by atoms with E-state index in [4.69, 9.17) is 4.74 Å². The highest BCUT2D eigenvalue weighted by Gasteiger charge is 2.64. The molecule has 4 aliphatic heterocycles. The average Bonchev–Trinajstić information content (AvgIpc) is 3.52. The summed E-state index contributed by atoms with van der Waals surface area (Å²) < 4.78 is 5.69. The third-order valence-electron chi connectivity index (χ3n) is 7.24. The van der Waals surface area contributed by atoms with Gasteiger partial charge in [-0.05, 0) is 24.5 Å². The largest absolute Gasteiger partial charge is 0.376 e. The second kappa shape index (κ2) is 7.41. The maximum Gasteiger partial charge on any atom is 0.235 e. The number of carbonyl (C=O) groups excluding carboxylic acids is 3. The Balaban J connectivity index is 1.43. The highest BCUT2D eigenvalue weighted by atomic mass is 16.5. The fourth-order valence-corrected chi connectivity index (χ4v) is 5.82. The van der Waals surface area contributed by atoms with E-state index >= 15 is 0 Å². The molecule has 6 heteroatoms. The Morgan fingerprint density at radius 1 is 0.969 bits per heavy atom. The van der Waals surface area contributed by atoms with Gasteiger partial charge >= 0.3 is 0 Å². The van der Waals surface area contributed by atoms with Crippen molar-refractivity contribution < 1.29 is 19.1 Å². The Kier molecular flexibility index (Phi) is 4.50. The number of benzene rings is 2. The van der Waals surface area contributed by atoms with Crippen LogP contribution in [-0.4, -0.2) is 53.8 Å². The molecule has 0 bridgehead atoms. The molecule has 2 aromatic rings. The van der Waals surface area contributed by atoms with Gasteiger partial charge in [0.25, 0.3) is 0 Å². The lowest BCUT2D eigenvalue weighted by Gasteiger charge is -2.36. The second-order valence-corrected chi connectivity index (χ2v) is 8.96. The molecule has 0 aromatic heterocycles. The molecule has 0 spiro atoms. The zero-order valence-electron chi connectivity index (χ0n) is 17.6. The van der Waals surface area contributed by atoms with Crippen LogP contribution in [0.15, 0.2) is 60.7 Å². The van der Waals surface area contributed by atoms with E-state index in [1.54, 1.807) is 12.1 Å². The molecule has 32 heavy (non-hydrogen) atoms. The monoisotopic (exact) mass is 428 g/mol. The van der Waals surface area contributed by atoms with Crippen molar-refractivity contribution in [1.82, 2.24) is 4.90 Å². The van der Waals surface area contributed by atoms with Crippen LogP contribution >= 0.6 is 0 Å². The number of hydrogen-bond donors (Lipinski definition) is 0. The number of likely N-dealkylation sites (tertiary alicyclic amines) is 1. The molecule has 162 valence electrons. The van der Waals surface area contributed by atoms with Crippen molar-refractivity contribution in [3.8, 4) is 0 Å². The standard InChI is InChI=1S/C26H24N2O4/c29-24(17-8-2-1-3-9-17)23-22-21(20-13-12-16-7-4-5-11-19(16)28(20)23)25(30)27(26(22)31)15-18-10-6-14-32-18/h1-5,7-9,11-13,18,20-23H,6,10,14-15H2/t18-,20+,21+,22+,23+/m1/s1. The maximum absolute atomic E-state index is 13.8. The van der Waals surface area contributed by atoms with Crippen molar-refractivity contribution >= 4 is 29.4 Å². The number of carbonyl (C=O) groups is 3. The van der Waals surface area contributed by atoms with E-state index in [2.05, 4.69) is 0 Å². The summed E-state index contributed by atoms with van der Waals surface area (Å²) in [5.41, 5.74) is 2.45. The molecular formula is C26H24N2O4. The number of imide groups is 1. The van der Waals surface area contributed by atoms with Crippen molar-refractivity contribution in [2.75, 3.05) is 18.1 Å². The van der Waals surface area contributed by atoms with Crippen LogP contribution in [-0.2, 0) is 14.3 Å². The highest BCUT2D eigenvalue weighted by Crippen LogP contribution is 2.49. The molecule has 6 rings (SSSR count). The molecule has 6 nitrogen and oxygen atoms in total. The van der Waals surface area contributed by atoms with Crippen LogP contribution in [0, 0.1) is 11.8 Å². The van der Waals surface area contributed by atoms with Crippen LogP contribution in [0.4, 0.5) is 5.69 Å². The highest BCUT2D eigenvalue weighted by molar-refractivity contribution is 6.14. The van der Waals surface area contributed by atoms with E-state index in [-0.39, 0.29) is 36.3 Å². The predicted octanol–water partition coefficient (Wildman–Crippen LogP) is 2.93. The molecule has 0 saturated carbocycles. The van der Waals surface area contributed by atoms with E-state index in [1.807, 2.05) is 59.5 Å². The van der Waals surface area contributed by atoms with Gasteiger partial charge in [-0.2, -0.15) is 0 Å². The number of nitrogens with zero attached hydrogens (tertiary/aromatic N) is 2. The van der Waals surface area contributed by atoms with Gasteiger partial charge in [0.1, 0.15) is 6.04 Å². The molecule has 0 unspecified atom stereocenters. The van der Waals surface area contributed by atoms with Gasteiger partial charge in [0.2, 0.25) is 11.8 Å². The number of amides is 2. The topological polar surface area (TPSA) is 66.9 Å². The fourth-order valence-electron chi connectivity index (χ4n) is 5.82. The summed E-state index contributed by atoms with van der Waals surface area (Å²) in [7, 11) is 0. The van der Waals surface area contributed by atoms with E-state index in [9.17, 15) is 14.4 Å². The first-order chi connectivity index (χ1) is 15.6. The van der Waals surface area contributed by atoms with Crippen LogP contribution in [0.1, 0.15) is 28.8 Å². The number of para-hydroxylation sites is 1. The second-order valence-electron chi connectivity index (χ2n) is 8.96. The Hall–Kier alpha value is -3.25. The third kappa shape index (κ3) is 2.79. The van der Waals surface area contributed by atoms with Crippen molar-refractivity contribution in [2.45, 2.75) is 31.0 Å². The van der Waals surface area contributed by atoms with Gasteiger partial charge in [0, 0.05) is 17.9 Å². The van der Waals surface area contributed by atoms with Crippen LogP contribution < -0.4 is 4.90 Å². The van der Waals surface area contributed by atoms with E-state index in [0.717, 1.165) is 24.1 Å². The first-order valence-corrected chi connectivity index (χ1v) is 11.3. The lowest BCUT2D eigenvalue weighted by atomic mass is 9.86. The summed E-state index contributed by atoms with van der Waals surface area (Å²) in [6, 6.07) is 15.9. The first-order valence-electron chi connectivity index (χ1n) is 11.3. The average molecular weight is 428 g/mol. The molecule has 3 fully saturated rings. The van der Waals surface area contributed by atoms with Gasteiger partial charge in [-0.25, -0.2) is 0 Å². The summed E-state index contributed by atoms with van der Waals surface area (Å²) in [5.74, 6) is -1.81. The summed E-state index contributed by atoms with van der Waals surface area (Å²) >= 11 is 0. The molecule has 3 saturated heterocycles. The lowest BCUT2D eigenvalue weighted by Crippen LogP contribution is -2.49. The Labute approximate surface area is 186 Å². The summed E-state index contributed by atoms with van der Waals surface area (Å²) in [6.07, 6.45) is 5.67. The molecule has 2 aromatic carbocycles. The number of rotatable bonds is 4. The number of Topliss-reactive ketones (excluding diaryl/α,β-unsaturated/α-hetero) is 1. The van der Waals surface area contributed by atoms with Crippen molar-refractivity contribution in [3.05, 3.63) is 71.8 Å². The van der Waals surface area contributed by atoms with Crippen molar-refractivity contribution in [3.63, 3.8) is 0 Å². The molecular weight excluding hydrogens is 404 g/mol. The summed E-state index contributed by atoms with van der Waals surface area (Å²) in [5, 5.41) is 0. The van der Waals surface area contributed by atoms with Gasteiger partial charge in [-0.1, -0.05) is 60.7 Å². The van der Waals surface area contributed by atoms with Crippen LogP contribution in [0.3, 0.4) is 0 Å². The minimum Gasteiger partial charge on any atom is -0.376 e. The number of anilines is 1. The van der Waals surface area contributed by atoms with Gasteiger partial charge < -0.3 is 9.64 Å². The van der Waals surface area contributed by atoms with Gasteiger partial charge in [-0.15, -0.1) is 0 Å². The maximum atomic E-state index is 13.8. The minimum absolute atomic E-state index is 0.108. The fraction of sp³-hybridized carbons (Fsp3) is 0.346. The zero-order chi connectivity index (χ0) is 21.8. The Morgan fingerprint density at radius 3 is 2.50 bits per heavy atom. The number of ketones is 1. The Bertz CT molecular complexity index is 1120. The number of hydrogen-bond acceptors (Lipinski definition) is 5.